The highest BCUT2D eigenvalue weighted by Crippen LogP contribution is 2.03. The van der Waals surface area contributed by atoms with Gasteiger partial charge in [-0.2, -0.15) is 0 Å². The molecule has 0 rings (SSSR count). The third-order valence-corrected chi connectivity index (χ3v) is 2.64. The van der Waals surface area contributed by atoms with Crippen LogP contribution in [0.2, 0.25) is 13.1 Å². The Labute approximate surface area is 56.2 Å². The molecule has 0 fully saturated rings. The first-order chi connectivity index (χ1) is 3.98. The van der Waals surface area contributed by atoms with Crippen LogP contribution >= 0.6 is 0 Å². The Morgan fingerprint density at radius 1 is 1.44 bits per heavy atom. The van der Waals surface area contributed by atoms with E-state index in [4.69, 9.17) is 8.85 Å². The molecular formula is C5H12O3Si. The predicted octanol–water partition coefficient (Wildman–Crippen LogP) is 0.898. The van der Waals surface area contributed by atoms with Crippen molar-refractivity contribution in [2.45, 2.75) is 20.0 Å². The molecular weight excluding hydrogens is 136 g/mol. The van der Waals surface area contributed by atoms with E-state index in [2.05, 4.69) is 0 Å². The fourth-order valence-electron chi connectivity index (χ4n) is 0.388. The first-order valence-electron chi connectivity index (χ1n) is 2.72. The number of hydrogen-bond acceptors (Lipinski definition) is 3. The van der Waals surface area contributed by atoms with Crippen molar-refractivity contribution in [2.75, 3.05) is 7.11 Å². The number of carbonyl (C=O) groups excluding carboxylic acids is 1. The molecule has 54 valence electrons. The Morgan fingerprint density at radius 2 is 1.89 bits per heavy atom. The van der Waals surface area contributed by atoms with Crippen LogP contribution in [0.15, 0.2) is 0 Å². The van der Waals surface area contributed by atoms with Crippen LogP contribution in [-0.2, 0) is 13.6 Å². The van der Waals surface area contributed by atoms with Gasteiger partial charge in [0.25, 0.3) is 5.97 Å². The lowest BCUT2D eigenvalue weighted by Gasteiger charge is -2.18. The average molecular weight is 148 g/mol. The zero-order valence-corrected chi connectivity index (χ0v) is 7.22. The monoisotopic (exact) mass is 148 g/mol. The van der Waals surface area contributed by atoms with E-state index in [1.807, 2.05) is 13.1 Å². The average Bonchev–Trinajstić information content (AvgIpc) is 1.63. The van der Waals surface area contributed by atoms with Gasteiger partial charge in [-0.25, -0.2) is 0 Å². The topological polar surface area (TPSA) is 35.5 Å². The molecule has 0 amide bonds. The van der Waals surface area contributed by atoms with Gasteiger partial charge in [0.15, 0.2) is 0 Å². The maximum atomic E-state index is 10.4. The van der Waals surface area contributed by atoms with Crippen LogP contribution < -0.4 is 0 Å². The highest BCUT2D eigenvalue weighted by molar-refractivity contribution is 6.66. The van der Waals surface area contributed by atoms with Crippen molar-refractivity contribution in [3.05, 3.63) is 0 Å². The van der Waals surface area contributed by atoms with E-state index in [1.165, 1.54) is 6.92 Å². The van der Waals surface area contributed by atoms with Gasteiger partial charge in [0.1, 0.15) is 0 Å². The molecule has 0 saturated heterocycles. The quantitative estimate of drug-likeness (QED) is 0.546. The Hall–Kier alpha value is -0.353. The lowest BCUT2D eigenvalue weighted by atomic mass is 10.9. The maximum absolute atomic E-state index is 10.4. The van der Waals surface area contributed by atoms with E-state index >= 15 is 0 Å². The van der Waals surface area contributed by atoms with Crippen molar-refractivity contribution >= 4 is 14.5 Å². The first-order valence-corrected chi connectivity index (χ1v) is 5.54. The molecule has 9 heavy (non-hydrogen) atoms. The van der Waals surface area contributed by atoms with Crippen molar-refractivity contribution in [1.29, 1.82) is 0 Å². The number of carbonyl (C=O) groups is 1. The second kappa shape index (κ2) is 2.98. The minimum atomic E-state index is -2.09. The van der Waals surface area contributed by atoms with Crippen LogP contribution in [0.25, 0.3) is 0 Å². The van der Waals surface area contributed by atoms with Crippen molar-refractivity contribution in [1.82, 2.24) is 0 Å². The van der Waals surface area contributed by atoms with Crippen LogP contribution in [0.3, 0.4) is 0 Å². The van der Waals surface area contributed by atoms with E-state index < -0.39 is 8.56 Å². The SMILES string of the molecule is CO[Si](C)(C)OC(C)=O. The molecule has 0 aromatic heterocycles. The van der Waals surface area contributed by atoms with Crippen LogP contribution in [0.1, 0.15) is 6.92 Å². The van der Waals surface area contributed by atoms with Crippen molar-refractivity contribution < 1.29 is 13.6 Å². The summed E-state index contributed by atoms with van der Waals surface area (Å²) in [5.41, 5.74) is 0. The Kier molecular flexibility index (Phi) is 2.86. The molecule has 0 atom stereocenters. The third-order valence-electron chi connectivity index (χ3n) is 0.881. The summed E-state index contributed by atoms with van der Waals surface area (Å²) >= 11 is 0. The van der Waals surface area contributed by atoms with Crippen molar-refractivity contribution in [2.24, 2.45) is 0 Å². The summed E-state index contributed by atoms with van der Waals surface area (Å²) in [6, 6.07) is 0. The first kappa shape index (κ1) is 8.65. The van der Waals surface area contributed by atoms with Crippen LogP contribution in [-0.4, -0.2) is 21.6 Å². The molecule has 3 nitrogen and oxygen atoms in total. The van der Waals surface area contributed by atoms with Gasteiger partial charge in [0.2, 0.25) is 0 Å². The Bertz CT molecular complexity index is 111. The normalized spacial score (nSPS) is 11.1. The summed E-state index contributed by atoms with van der Waals surface area (Å²) in [6.07, 6.45) is 0. The molecule has 0 saturated carbocycles. The van der Waals surface area contributed by atoms with Gasteiger partial charge in [0, 0.05) is 14.0 Å². The number of rotatable bonds is 2. The maximum Gasteiger partial charge on any atom is 0.394 e. The van der Waals surface area contributed by atoms with Crippen LogP contribution in [0.4, 0.5) is 0 Å². The predicted molar refractivity (Wildman–Crippen MR) is 36.3 cm³/mol. The molecule has 0 unspecified atom stereocenters. The fraction of sp³-hybridized carbons (Fsp3) is 0.800. The van der Waals surface area contributed by atoms with Gasteiger partial charge in [-0.3, -0.25) is 4.79 Å². The highest BCUT2D eigenvalue weighted by atomic mass is 28.4. The van der Waals surface area contributed by atoms with Crippen molar-refractivity contribution in [3.63, 3.8) is 0 Å². The van der Waals surface area contributed by atoms with Gasteiger partial charge in [-0.15, -0.1) is 0 Å². The lowest BCUT2D eigenvalue weighted by Crippen LogP contribution is -2.34. The van der Waals surface area contributed by atoms with Gasteiger partial charge >= 0.3 is 8.56 Å². The van der Waals surface area contributed by atoms with Gasteiger partial charge in [-0.05, 0) is 13.1 Å². The summed E-state index contributed by atoms with van der Waals surface area (Å²) < 4.78 is 9.81. The molecule has 0 radical (unpaired) electrons. The second-order valence-electron chi connectivity index (χ2n) is 2.20. The summed E-state index contributed by atoms with van der Waals surface area (Å²) in [5.74, 6) is -0.270. The van der Waals surface area contributed by atoms with E-state index in [-0.39, 0.29) is 5.97 Å². The van der Waals surface area contributed by atoms with Gasteiger partial charge in [0.05, 0.1) is 0 Å². The summed E-state index contributed by atoms with van der Waals surface area (Å²) in [5, 5.41) is 0. The van der Waals surface area contributed by atoms with E-state index in [9.17, 15) is 4.79 Å². The molecule has 0 bridgehead atoms. The molecule has 0 aliphatic rings. The molecule has 0 aliphatic heterocycles. The van der Waals surface area contributed by atoms with Crippen LogP contribution in [0.5, 0.6) is 0 Å². The standard InChI is InChI=1S/C5H12O3Si/c1-5(6)8-9(3,4)7-2/h1-4H3. The molecule has 0 aromatic carbocycles. The Morgan fingerprint density at radius 3 is 2.00 bits per heavy atom. The summed E-state index contributed by atoms with van der Waals surface area (Å²) in [6.45, 7) is 5.01. The minimum Gasteiger partial charge on any atom is -0.495 e. The molecule has 0 aliphatic carbocycles. The largest absolute Gasteiger partial charge is 0.495 e. The lowest BCUT2D eigenvalue weighted by molar-refractivity contribution is -0.133. The van der Waals surface area contributed by atoms with E-state index in [1.54, 1.807) is 7.11 Å². The molecule has 0 N–H and O–H groups in total. The van der Waals surface area contributed by atoms with Crippen molar-refractivity contribution in [3.8, 4) is 0 Å². The van der Waals surface area contributed by atoms with E-state index in [0.717, 1.165) is 0 Å². The molecule has 0 spiro atoms. The molecule has 0 heterocycles. The fourth-order valence-corrected chi connectivity index (χ4v) is 1.16. The summed E-state index contributed by atoms with van der Waals surface area (Å²) in [7, 11) is -0.539. The van der Waals surface area contributed by atoms with Gasteiger partial charge in [-0.1, -0.05) is 0 Å². The smallest absolute Gasteiger partial charge is 0.394 e. The minimum absolute atomic E-state index is 0.270. The second-order valence-corrected chi connectivity index (χ2v) is 5.61. The molecule has 4 heteroatoms. The number of hydrogen-bond donors (Lipinski definition) is 0. The van der Waals surface area contributed by atoms with Gasteiger partial charge < -0.3 is 8.85 Å². The van der Waals surface area contributed by atoms with E-state index in [0.29, 0.717) is 0 Å². The Balaban J connectivity index is 3.71. The third kappa shape index (κ3) is 4.17. The molecule has 0 aromatic rings. The highest BCUT2D eigenvalue weighted by Gasteiger charge is 2.25. The zero-order valence-electron chi connectivity index (χ0n) is 6.22. The zero-order chi connectivity index (χ0) is 7.49. The summed E-state index contributed by atoms with van der Waals surface area (Å²) in [4.78, 5) is 10.4. The van der Waals surface area contributed by atoms with Crippen LogP contribution in [0, 0.1) is 0 Å².